The summed E-state index contributed by atoms with van der Waals surface area (Å²) in [6, 6.07) is 13.0. The lowest BCUT2D eigenvalue weighted by molar-refractivity contribution is -0.140. The predicted molar refractivity (Wildman–Crippen MR) is 130 cm³/mol. The second-order valence-corrected chi connectivity index (χ2v) is 9.77. The van der Waals surface area contributed by atoms with Gasteiger partial charge < -0.3 is 32.3 Å². The van der Waals surface area contributed by atoms with E-state index in [0.29, 0.717) is 12.1 Å². The molecule has 0 bridgehead atoms. The van der Waals surface area contributed by atoms with Crippen LogP contribution >= 0.6 is 0 Å². The number of amides is 2. The molecule has 0 spiro atoms. The Morgan fingerprint density at radius 2 is 1.14 bits per heavy atom. The van der Waals surface area contributed by atoms with Gasteiger partial charge in [-0.05, 0) is 23.3 Å². The number of hydrogen-bond donors (Lipinski definition) is 6. The van der Waals surface area contributed by atoms with E-state index >= 15 is 0 Å². The molecule has 196 valence electrons. The first-order valence-electron chi connectivity index (χ1n) is 10.6. The van der Waals surface area contributed by atoms with Gasteiger partial charge in [0.05, 0.1) is 17.7 Å². The third-order valence-electron chi connectivity index (χ3n) is 4.62. The van der Waals surface area contributed by atoms with E-state index in [-0.39, 0.29) is 30.2 Å². The lowest BCUT2D eigenvalue weighted by Gasteiger charge is -2.08. The zero-order chi connectivity index (χ0) is 27.3. The van der Waals surface area contributed by atoms with Gasteiger partial charge in [-0.25, -0.2) is 8.42 Å². The molecule has 0 heterocycles. The molecule has 0 aliphatic carbocycles. The molecule has 13 heteroatoms. The van der Waals surface area contributed by atoms with Crippen LogP contribution in [0.25, 0.3) is 0 Å². The standard InChI is InChI=1S/C12H16N2O5S.C11H14N2O3/c1-20(18,19)9-4-2-8(3-5-9)7-14-11(15)6-10(13)12(16)17;12-9(11(15)16)6-10(14)13-7-8-4-2-1-3-5-8/h2-5,10H,6-7,13H2,1H3,(H,14,15)(H,16,17);1-5,9H,6-7,12H2,(H,13,14)(H,15,16)/t10-;9-/m00/s1. The van der Waals surface area contributed by atoms with Crippen molar-refractivity contribution in [3.63, 3.8) is 0 Å². The molecule has 0 radical (unpaired) electrons. The number of carboxylic acid groups (broad SMARTS) is 2. The molecule has 0 saturated carbocycles. The van der Waals surface area contributed by atoms with E-state index in [1.165, 1.54) is 12.1 Å². The molecule has 2 rings (SSSR count). The Morgan fingerprint density at radius 1 is 0.750 bits per heavy atom. The molecule has 8 N–H and O–H groups in total. The van der Waals surface area contributed by atoms with Crippen LogP contribution in [0.1, 0.15) is 24.0 Å². The van der Waals surface area contributed by atoms with E-state index in [1.807, 2.05) is 30.3 Å². The highest BCUT2D eigenvalue weighted by molar-refractivity contribution is 7.90. The van der Waals surface area contributed by atoms with Crippen LogP contribution in [0.15, 0.2) is 59.5 Å². The summed E-state index contributed by atoms with van der Waals surface area (Å²) in [7, 11) is -3.25. The number of nitrogens with one attached hydrogen (secondary N) is 2. The van der Waals surface area contributed by atoms with Gasteiger partial charge in [0.1, 0.15) is 12.1 Å². The summed E-state index contributed by atoms with van der Waals surface area (Å²) < 4.78 is 22.5. The van der Waals surface area contributed by atoms with Crippen LogP contribution in [0, 0.1) is 0 Å². The first-order chi connectivity index (χ1) is 16.8. The Balaban J connectivity index is 0.000000369. The van der Waals surface area contributed by atoms with Gasteiger partial charge in [-0.2, -0.15) is 0 Å². The summed E-state index contributed by atoms with van der Waals surface area (Å²) in [5.74, 6) is -3.25. The second kappa shape index (κ2) is 14.6. The Hall–Kier alpha value is -3.81. The van der Waals surface area contributed by atoms with Gasteiger partial charge >= 0.3 is 11.9 Å². The molecule has 2 aromatic carbocycles. The molecular weight excluding hydrogens is 492 g/mol. The van der Waals surface area contributed by atoms with Crippen LogP contribution < -0.4 is 22.1 Å². The Kier molecular flexibility index (Phi) is 12.2. The summed E-state index contributed by atoms with van der Waals surface area (Å²) in [6.07, 6.45) is 0.593. The lowest BCUT2D eigenvalue weighted by atomic mass is 10.2. The molecule has 12 nitrogen and oxygen atoms in total. The van der Waals surface area contributed by atoms with Gasteiger partial charge in [0, 0.05) is 19.3 Å². The molecule has 0 unspecified atom stereocenters. The van der Waals surface area contributed by atoms with Gasteiger partial charge in [0.2, 0.25) is 11.8 Å². The normalized spacial score (nSPS) is 12.3. The first kappa shape index (κ1) is 30.2. The summed E-state index contributed by atoms with van der Waals surface area (Å²) >= 11 is 0. The number of carbonyl (C=O) groups is 4. The topological polar surface area (TPSA) is 219 Å². The zero-order valence-corrected chi connectivity index (χ0v) is 20.4. The maximum atomic E-state index is 11.4. The van der Waals surface area contributed by atoms with Crippen LogP contribution in [0.3, 0.4) is 0 Å². The fraction of sp³-hybridized carbons (Fsp3) is 0.304. The number of nitrogens with two attached hydrogens (primary N) is 2. The summed E-state index contributed by atoms with van der Waals surface area (Å²) in [5, 5.41) is 22.2. The third-order valence-corrected chi connectivity index (χ3v) is 5.75. The van der Waals surface area contributed by atoms with Gasteiger partial charge in [-0.3, -0.25) is 19.2 Å². The molecule has 0 aromatic heterocycles. The fourth-order valence-electron chi connectivity index (χ4n) is 2.57. The molecule has 0 fully saturated rings. The van der Waals surface area contributed by atoms with Gasteiger partial charge in [0.15, 0.2) is 9.84 Å². The van der Waals surface area contributed by atoms with Crippen LogP contribution in [0.5, 0.6) is 0 Å². The first-order valence-corrected chi connectivity index (χ1v) is 12.5. The van der Waals surface area contributed by atoms with Crippen molar-refractivity contribution in [1.82, 2.24) is 10.6 Å². The average molecular weight is 523 g/mol. The van der Waals surface area contributed by atoms with Gasteiger partial charge in [0.25, 0.3) is 0 Å². The van der Waals surface area contributed by atoms with Crippen LogP contribution in [0.4, 0.5) is 0 Å². The second-order valence-electron chi connectivity index (χ2n) is 7.75. The van der Waals surface area contributed by atoms with E-state index in [1.54, 1.807) is 12.1 Å². The number of carboxylic acids is 2. The minimum Gasteiger partial charge on any atom is -0.480 e. The summed E-state index contributed by atoms with van der Waals surface area (Å²) in [4.78, 5) is 43.8. The van der Waals surface area contributed by atoms with E-state index in [4.69, 9.17) is 21.7 Å². The van der Waals surface area contributed by atoms with E-state index in [9.17, 15) is 27.6 Å². The van der Waals surface area contributed by atoms with Crippen molar-refractivity contribution in [3.05, 3.63) is 65.7 Å². The van der Waals surface area contributed by atoms with Crippen molar-refractivity contribution < 1.29 is 37.8 Å². The van der Waals surface area contributed by atoms with Crippen molar-refractivity contribution in [2.75, 3.05) is 6.26 Å². The number of carbonyl (C=O) groups excluding carboxylic acids is 2. The maximum absolute atomic E-state index is 11.4. The highest BCUT2D eigenvalue weighted by atomic mass is 32.2. The Morgan fingerprint density at radius 3 is 1.50 bits per heavy atom. The monoisotopic (exact) mass is 522 g/mol. The minimum atomic E-state index is -3.25. The van der Waals surface area contributed by atoms with Gasteiger partial charge in [-0.1, -0.05) is 42.5 Å². The molecular formula is C23H30N4O8S. The van der Waals surface area contributed by atoms with E-state index < -0.39 is 39.8 Å². The smallest absolute Gasteiger partial charge is 0.321 e. The molecule has 36 heavy (non-hydrogen) atoms. The zero-order valence-electron chi connectivity index (χ0n) is 19.6. The molecule has 2 aromatic rings. The quantitative estimate of drug-likeness (QED) is 0.224. The van der Waals surface area contributed by atoms with Crippen molar-refractivity contribution in [3.8, 4) is 0 Å². The molecule has 0 saturated heterocycles. The van der Waals surface area contributed by atoms with E-state index in [2.05, 4.69) is 10.6 Å². The average Bonchev–Trinajstić information content (AvgIpc) is 2.82. The number of benzene rings is 2. The van der Waals surface area contributed by atoms with Crippen LogP contribution in [0.2, 0.25) is 0 Å². The van der Waals surface area contributed by atoms with Crippen molar-refractivity contribution >= 4 is 33.6 Å². The SMILES string of the molecule is CS(=O)(=O)c1ccc(CNC(=O)C[C@H](N)C(=O)O)cc1.N[C@@H](CC(=O)NCc1ccccc1)C(=O)O. The Bertz CT molecular complexity index is 1140. The summed E-state index contributed by atoms with van der Waals surface area (Å²) in [6.45, 7) is 0.557. The fourth-order valence-corrected chi connectivity index (χ4v) is 3.20. The van der Waals surface area contributed by atoms with Crippen molar-refractivity contribution in [1.29, 1.82) is 0 Å². The highest BCUT2D eigenvalue weighted by Gasteiger charge is 2.16. The third kappa shape index (κ3) is 12.1. The number of hydrogen-bond acceptors (Lipinski definition) is 8. The lowest BCUT2D eigenvalue weighted by Crippen LogP contribution is -2.36. The maximum Gasteiger partial charge on any atom is 0.321 e. The molecule has 2 amide bonds. The van der Waals surface area contributed by atoms with Crippen molar-refractivity contribution in [2.45, 2.75) is 42.9 Å². The van der Waals surface area contributed by atoms with Crippen LogP contribution in [-0.2, 0) is 42.1 Å². The summed E-state index contributed by atoms with van der Waals surface area (Å²) in [5.41, 5.74) is 12.1. The number of aliphatic carboxylic acids is 2. The highest BCUT2D eigenvalue weighted by Crippen LogP contribution is 2.10. The molecule has 0 aliphatic heterocycles. The van der Waals surface area contributed by atoms with E-state index in [0.717, 1.165) is 11.8 Å². The minimum absolute atomic E-state index is 0.176. The van der Waals surface area contributed by atoms with Crippen LogP contribution in [-0.4, -0.2) is 60.7 Å². The molecule has 0 aliphatic rings. The largest absolute Gasteiger partial charge is 0.480 e. The molecule has 2 atom stereocenters. The number of sulfone groups is 1. The Labute approximate surface area is 208 Å². The van der Waals surface area contributed by atoms with Crippen molar-refractivity contribution in [2.24, 2.45) is 11.5 Å². The predicted octanol–water partition coefficient (Wildman–Crippen LogP) is -0.387. The number of rotatable bonds is 11. The van der Waals surface area contributed by atoms with Gasteiger partial charge in [-0.15, -0.1) is 0 Å².